The summed E-state index contributed by atoms with van der Waals surface area (Å²) in [6.45, 7) is 3.33. The van der Waals surface area contributed by atoms with E-state index < -0.39 is 12.0 Å². The van der Waals surface area contributed by atoms with Crippen molar-refractivity contribution < 1.29 is 14.3 Å². The Balaban J connectivity index is 1.88. The minimum absolute atomic E-state index is 0.0353. The van der Waals surface area contributed by atoms with Crippen LogP contribution < -0.4 is 20.9 Å². The Hall–Kier alpha value is -2.67. The highest BCUT2D eigenvalue weighted by molar-refractivity contribution is 7.80. The molecular weight excluding hydrogens is 326 g/mol. The Morgan fingerprint density at radius 3 is 2.54 bits per heavy atom. The monoisotopic (exact) mass is 345 g/mol. The van der Waals surface area contributed by atoms with Gasteiger partial charge in [0, 0.05) is 6.42 Å². The minimum Gasteiger partial charge on any atom is -0.481 e. The number of hydrogen-bond acceptors (Lipinski definition) is 4. The molecule has 0 heterocycles. The molecule has 0 bridgehead atoms. The lowest BCUT2D eigenvalue weighted by Crippen LogP contribution is -2.51. The average Bonchev–Trinajstić information content (AvgIpc) is 2.59. The van der Waals surface area contributed by atoms with Gasteiger partial charge in [0.05, 0.1) is 0 Å². The first kappa shape index (κ1) is 17.7. The smallest absolute Gasteiger partial charge is 0.279 e. The number of hydrogen-bond donors (Lipinski definition) is 3. The highest BCUT2D eigenvalue weighted by Gasteiger charge is 2.15. The fraction of sp³-hybridized carbons (Fsp3) is 0.235. The summed E-state index contributed by atoms with van der Waals surface area (Å²) in [5, 5.41) is 4.58. The van der Waals surface area contributed by atoms with Crippen LogP contribution in [0.5, 0.6) is 5.75 Å². The van der Waals surface area contributed by atoms with E-state index >= 15 is 0 Å². The maximum Gasteiger partial charge on any atom is 0.279 e. The number of fused-ring (bicyclic) bond motifs is 1. The molecule has 0 radical (unpaired) electrons. The molecule has 0 aromatic heterocycles. The standard InChI is InChI=1S/C17H19N3O3S/c1-3-15(21)18-17(24)20-19-16(22)11(2)23-14-9-8-12-6-4-5-7-13(12)10-14/h4-11H,3H2,1-2H3,(H,19,22)(H2,18,20,21,24). The second kappa shape index (κ2) is 8.26. The van der Waals surface area contributed by atoms with Crippen LogP contribution in [0.15, 0.2) is 42.5 Å². The predicted octanol–water partition coefficient (Wildman–Crippen LogP) is 2.04. The van der Waals surface area contributed by atoms with E-state index in [0.717, 1.165) is 10.8 Å². The lowest BCUT2D eigenvalue weighted by atomic mass is 10.1. The molecule has 0 aliphatic carbocycles. The van der Waals surface area contributed by atoms with Crippen molar-refractivity contribution in [1.29, 1.82) is 0 Å². The molecule has 2 aromatic carbocycles. The third kappa shape index (κ3) is 4.92. The van der Waals surface area contributed by atoms with Crippen LogP contribution in [0.4, 0.5) is 0 Å². The van der Waals surface area contributed by atoms with E-state index in [9.17, 15) is 9.59 Å². The van der Waals surface area contributed by atoms with Crippen LogP contribution in [-0.4, -0.2) is 23.0 Å². The first-order chi connectivity index (χ1) is 11.5. The largest absolute Gasteiger partial charge is 0.481 e. The number of carbonyl (C=O) groups excluding carboxylic acids is 2. The molecule has 6 nitrogen and oxygen atoms in total. The maximum atomic E-state index is 12.0. The minimum atomic E-state index is -0.733. The molecule has 0 saturated heterocycles. The van der Waals surface area contributed by atoms with Crippen LogP contribution in [0, 0.1) is 0 Å². The normalized spacial score (nSPS) is 11.4. The summed E-state index contributed by atoms with van der Waals surface area (Å²) >= 11 is 4.89. The summed E-state index contributed by atoms with van der Waals surface area (Å²) in [5.74, 6) is -0.0447. The molecule has 1 unspecified atom stereocenters. The molecule has 1 atom stereocenters. The fourth-order valence-electron chi connectivity index (χ4n) is 1.96. The van der Waals surface area contributed by atoms with Crippen molar-refractivity contribution >= 4 is 39.9 Å². The molecule has 2 aromatic rings. The Bertz CT molecular complexity index is 764. The number of benzene rings is 2. The first-order valence-corrected chi connectivity index (χ1v) is 7.95. The quantitative estimate of drug-likeness (QED) is 0.584. The summed E-state index contributed by atoms with van der Waals surface area (Å²) in [6, 6.07) is 13.5. The van der Waals surface area contributed by atoms with Gasteiger partial charge < -0.3 is 10.1 Å². The molecule has 0 spiro atoms. The number of carbonyl (C=O) groups is 2. The van der Waals surface area contributed by atoms with Crippen LogP contribution in [0.3, 0.4) is 0 Å². The zero-order valence-corrected chi connectivity index (χ0v) is 14.3. The second-order valence-electron chi connectivity index (χ2n) is 5.11. The van der Waals surface area contributed by atoms with Crippen LogP contribution in [0.1, 0.15) is 20.3 Å². The van der Waals surface area contributed by atoms with Crippen molar-refractivity contribution in [3.05, 3.63) is 42.5 Å². The molecule has 0 saturated carbocycles. The number of ether oxygens (including phenoxy) is 1. The van der Waals surface area contributed by atoms with Crippen molar-refractivity contribution in [2.75, 3.05) is 0 Å². The number of thiocarbonyl (C=S) groups is 1. The van der Waals surface area contributed by atoms with Gasteiger partial charge in [0.15, 0.2) is 11.2 Å². The van der Waals surface area contributed by atoms with E-state index in [1.54, 1.807) is 13.8 Å². The van der Waals surface area contributed by atoms with Crippen LogP contribution in [0.25, 0.3) is 10.8 Å². The molecule has 24 heavy (non-hydrogen) atoms. The number of rotatable bonds is 4. The molecule has 126 valence electrons. The Kier molecular flexibility index (Phi) is 6.08. The van der Waals surface area contributed by atoms with Gasteiger partial charge in [0.25, 0.3) is 5.91 Å². The van der Waals surface area contributed by atoms with Crippen LogP contribution in [0.2, 0.25) is 0 Å². The molecule has 2 amide bonds. The summed E-state index contributed by atoms with van der Waals surface area (Å²) in [6.07, 6.45) is -0.430. The third-order valence-electron chi connectivity index (χ3n) is 3.28. The zero-order valence-electron chi connectivity index (χ0n) is 13.5. The van der Waals surface area contributed by atoms with Crippen molar-refractivity contribution in [1.82, 2.24) is 16.2 Å². The number of nitrogens with one attached hydrogen (secondary N) is 3. The molecule has 0 aliphatic rings. The van der Waals surface area contributed by atoms with Gasteiger partial charge in [-0.05, 0) is 42.0 Å². The average molecular weight is 345 g/mol. The van der Waals surface area contributed by atoms with Gasteiger partial charge >= 0.3 is 0 Å². The van der Waals surface area contributed by atoms with E-state index in [4.69, 9.17) is 17.0 Å². The van der Waals surface area contributed by atoms with Crippen LogP contribution in [-0.2, 0) is 9.59 Å². The summed E-state index contributed by atoms with van der Waals surface area (Å²) in [7, 11) is 0. The van der Waals surface area contributed by atoms with Crippen molar-refractivity contribution in [3.63, 3.8) is 0 Å². The summed E-state index contributed by atoms with van der Waals surface area (Å²) in [4.78, 5) is 23.2. The van der Waals surface area contributed by atoms with E-state index in [-0.39, 0.29) is 11.0 Å². The Labute approximate surface area is 145 Å². The van der Waals surface area contributed by atoms with Gasteiger partial charge in [-0.3, -0.25) is 20.4 Å². The molecule has 2 rings (SSSR count). The van der Waals surface area contributed by atoms with Gasteiger partial charge in [-0.15, -0.1) is 0 Å². The lowest BCUT2D eigenvalue weighted by Gasteiger charge is -2.16. The van der Waals surface area contributed by atoms with E-state index in [0.29, 0.717) is 12.2 Å². The van der Waals surface area contributed by atoms with E-state index in [1.165, 1.54) is 0 Å². The summed E-state index contributed by atoms with van der Waals surface area (Å²) < 4.78 is 5.64. The molecule has 7 heteroatoms. The van der Waals surface area contributed by atoms with Crippen molar-refractivity contribution in [2.24, 2.45) is 0 Å². The highest BCUT2D eigenvalue weighted by atomic mass is 32.1. The Morgan fingerprint density at radius 1 is 1.12 bits per heavy atom. The van der Waals surface area contributed by atoms with E-state index in [2.05, 4.69) is 16.2 Å². The van der Waals surface area contributed by atoms with Gasteiger partial charge in [-0.2, -0.15) is 0 Å². The molecule has 3 N–H and O–H groups in total. The van der Waals surface area contributed by atoms with Crippen molar-refractivity contribution in [3.8, 4) is 5.75 Å². The Morgan fingerprint density at radius 2 is 1.83 bits per heavy atom. The highest BCUT2D eigenvalue weighted by Crippen LogP contribution is 2.21. The molecular formula is C17H19N3O3S. The number of amides is 2. The van der Waals surface area contributed by atoms with Gasteiger partial charge in [0.2, 0.25) is 5.91 Å². The fourth-order valence-corrected chi connectivity index (χ4v) is 2.13. The van der Waals surface area contributed by atoms with Crippen LogP contribution >= 0.6 is 12.2 Å². The number of hydrazine groups is 1. The first-order valence-electron chi connectivity index (χ1n) is 7.54. The topological polar surface area (TPSA) is 79.5 Å². The SMILES string of the molecule is CCC(=O)NC(=S)NNC(=O)C(C)Oc1ccc2ccccc2c1. The van der Waals surface area contributed by atoms with Gasteiger partial charge in [-0.1, -0.05) is 37.3 Å². The van der Waals surface area contributed by atoms with Gasteiger partial charge in [-0.25, -0.2) is 0 Å². The maximum absolute atomic E-state index is 12.0. The second-order valence-corrected chi connectivity index (χ2v) is 5.52. The molecule has 0 fully saturated rings. The third-order valence-corrected chi connectivity index (χ3v) is 3.48. The van der Waals surface area contributed by atoms with Gasteiger partial charge in [0.1, 0.15) is 5.75 Å². The zero-order chi connectivity index (χ0) is 17.5. The van der Waals surface area contributed by atoms with Crippen molar-refractivity contribution in [2.45, 2.75) is 26.4 Å². The summed E-state index contributed by atoms with van der Waals surface area (Å²) in [5.41, 5.74) is 4.86. The lowest BCUT2D eigenvalue weighted by molar-refractivity contribution is -0.128. The predicted molar refractivity (Wildman–Crippen MR) is 96.3 cm³/mol. The van der Waals surface area contributed by atoms with E-state index in [1.807, 2.05) is 42.5 Å². The molecule has 0 aliphatic heterocycles.